The molecule has 20 heavy (non-hydrogen) atoms. The molecule has 4 rings (SSSR count). The fraction of sp³-hybridized carbons (Fsp3) is 0.308. The van der Waals surface area contributed by atoms with Crippen molar-refractivity contribution >= 4 is 49.8 Å². The van der Waals surface area contributed by atoms with Gasteiger partial charge >= 0.3 is 0 Å². The van der Waals surface area contributed by atoms with E-state index in [1.54, 1.807) is 34.4 Å². The molecule has 102 valence electrons. The van der Waals surface area contributed by atoms with Crippen molar-refractivity contribution in [3.63, 3.8) is 0 Å². The quantitative estimate of drug-likeness (QED) is 0.720. The Kier molecular flexibility index (Phi) is 3.33. The molecule has 1 fully saturated rings. The van der Waals surface area contributed by atoms with Gasteiger partial charge in [0, 0.05) is 6.04 Å². The van der Waals surface area contributed by atoms with Crippen LogP contribution in [-0.2, 0) is 5.75 Å². The number of fused-ring (bicyclic) bond motifs is 1. The van der Waals surface area contributed by atoms with E-state index in [0.29, 0.717) is 6.04 Å². The van der Waals surface area contributed by atoms with Crippen molar-refractivity contribution in [2.75, 3.05) is 5.32 Å². The molecule has 0 atom stereocenters. The number of thiazole rings is 1. The zero-order chi connectivity index (χ0) is 13.4. The van der Waals surface area contributed by atoms with Gasteiger partial charge in [-0.3, -0.25) is 0 Å². The highest BCUT2D eigenvalue weighted by atomic mass is 32.2. The van der Waals surface area contributed by atoms with Gasteiger partial charge < -0.3 is 5.32 Å². The summed E-state index contributed by atoms with van der Waals surface area (Å²) < 4.78 is 2.25. The second kappa shape index (κ2) is 5.31. The first-order valence-electron chi connectivity index (χ1n) is 6.44. The zero-order valence-electron chi connectivity index (χ0n) is 10.6. The van der Waals surface area contributed by atoms with Crippen LogP contribution in [0.3, 0.4) is 0 Å². The summed E-state index contributed by atoms with van der Waals surface area (Å²) in [7, 11) is 0. The van der Waals surface area contributed by atoms with E-state index in [1.165, 1.54) is 17.5 Å². The molecular weight excluding hydrogens is 308 g/mol. The number of nitrogens with zero attached hydrogens (tertiary/aromatic N) is 3. The van der Waals surface area contributed by atoms with Crippen LogP contribution >= 0.6 is 34.4 Å². The minimum absolute atomic E-state index is 0.630. The summed E-state index contributed by atoms with van der Waals surface area (Å²) in [6.07, 6.45) is 2.52. The van der Waals surface area contributed by atoms with Crippen LogP contribution in [-0.4, -0.2) is 21.2 Å². The van der Waals surface area contributed by atoms with Crippen molar-refractivity contribution in [2.24, 2.45) is 0 Å². The van der Waals surface area contributed by atoms with Crippen LogP contribution < -0.4 is 5.32 Å². The summed E-state index contributed by atoms with van der Waals surface area (Å²) >= 11 is 5.10. The molecule has 0 radical (unpaired) electrons. The van der Waals surface area contributed by atoms with Gasteiger partial charge in [0.25, 0.3) is 0 Å². The van der Waals surface area contributed by atoms with Gasteiger partial charge in [-0.15, -0.1) is 21.5 Å². The van der Waals surface area contributed by atoms with Crippen molar-refractivity contribution in [3.05, 3.63) is 29.3 Å². The number of benzene rings is 1. The Labute approximate surface area is 128 Å². The van der Waals surface area contributed by atoms with Crippen molar-refractivity contribution in [3.8, 4) is 0 Å². The summed E-state index contributed by atoms with van der Waals surface area (Å²) in [4.78, 5) is 4.63. The molecule has 0 aliphatic heterocycles. The zero-order valence-corrected chi connectivity index (χ0v) is 13.0. The number of nitrogens with one attached hydrogen (secondary N) is 1. The van der Waals surface area contributed by atoms with Gasteiger partial charge in [-0.2, -0.15) is 0 Å². The number of anilines is 1. The average molecular weight is 320 g/mol. The van der Waals surface area contributed by atoms with E-state index < -0.39 is 0 Å². The van der Waals surface area contributed by atoms with Gasteiger partial charge in [-0.1, -0.05) is 35.2 Å². The number of thioether (sulfide) groups is 1. The maximum atomic E-state index is 4.63. The fourth-order valence-electron chi connectivity index (χ4n) is 1.83. The molecule has 4 nitrogen and oxygen atoms in total. The van der Waals surface area contributed by atoms with Gasteiger partial charge in [0.05, 0.1) is 16.0 Å². The molecule has 1 aromatic carbocycles. The first-order chi connectivity index (χ1) is 9.87. The van der Waals surface area contributed by atoms with Crippen LogP contribution in [0.4, 0.5) is 5.13 Å². The highest BCUT2D eigenvalue weighted by Gasteiger charge is 2.22. The van der Waals surface area contributed by atoms with Crippen LogP contribution in [0, 0.1) is 0 Å². The Morgan fingerprint density at radius 2 is 2.10 bits per heavy atom. The lowest BCUT2D eigenvalue weighted by Crippen LogP contribution is -1.99. The molecule has 1 saturated carbocycles. The Bertz CT molecular complexity index is 699. The van der Waals surface area contributed by atoms with Crippen LogP contribution in [0.15, 0.2) is 28.6 Å². The summed E-state index contributed by atoms with van der Waals surface area (Å²) in [6, 6.07) is 8.88. The lowest BCUT2D eigenvalue weighted by atomic mass is 10.3. The molecular formula is C13H12N4S3. The molecule has 7 heteroatoms. The topological polar surface area (TPSA) is 50.7 Å². The number of para-hydroxylation sites is 1. The molecule has 2 aromatic heterocycles. The van der Waals surface area contributed by atoms with E-state index in [-0.39, 0.29) is 0 Å². The largest absolute Gasteiger partial charge is 0.357 e. The molecule has 0 saturated heterocycles. The predicted octanol–water partition coefficient (Wildman–Crippen LogP) is 4.01. The second-order valence-corrected chi connectivity index (χ2v) is 7.97. The van der Waals surface area contributed by atoms with Crippen molar-refractivity contribution in [2.45, 2.75) is 29.0 Å². The molecule has 1 aliphatic carbocycles. The molecule has 2 heterocycles. The fourth-order valence-corrected chi connectivity index (χ4v) is 4.62. The maximum absolute atomic E-state index is 4.63. The minimum Gasteiger partial charge on any atom is -0.357 e. The molecule has 0 unspecified atom stereocenters. The predicted molar refractivity (Wildman–Crippen MR) is 85.7 cm³/mol. The summed E-state index contributed by atoms with van der Waals surface area (Å²) in [6.45, 7) is 0. The van der Waals surface area contributed by atoms with Gasteiger partial charge in [-0.05, 0) is 25.0 Å². The van der Waals surface area contributed by atoms with Gasteiger partial charge in [-0.25, -0.2) is 4.98 Å². The lowest BCUT2D eigenvalue weighted by molar-refractivity contribution is 0.994. The van der Waals surface area contributed by atoms with E-state index in [4.69, 9.17) is 0 Å². The summed E-state index contributed by atoms with van der Waals surface area (Å²) in [5, 5.41) is 13.8. The number of aromatic nitrogens is 3. The smallest absolute Gasteiger partial charge is 0.206 e. The van der Waals surface area contributed by atoms with Crippen LogP contribution in [0.2, 0.25) is 0 Å². The SMILES string of the molecule is c1ccc2sc(CSc3nnc(NC4CC4)s3)nc2c1. The molecule has 1 N–H and O–H groups in total. The second-order valence-electron chi connectivity index (χ2n) is 4.66. The Morgan fingerprint density at radius 3 is 2.95 bits per heavy atom. The van der Waals surface area contributed by atoms with Crippen LogP contribution in [0.25, 0.3) is 10.2 Å². The molecule has 3 aromatic rings. The lowest BCUT2D eigenvalue weighted by Gasteiger charge is -1.94. The van der Waals surface area contributed by atoms with E-state index in [0.717, 1.165) is 25.7 Å². The summed E-state index contributed by atoms with van der Waals surface area (Å²) in [5.74, 6) is 0.859. The Balaban J connectivity index is 1.42. The Hall–Kier alpha value is -1.18. The van der Waals surface area contributed by atoms with Crippen molar-refractivity contribution in [1.82, 2.24) is 15.2 Å². The monoisotopic (exact) mass is 320 g/mol. The van der Waals surface area contributed by atoms with Gasteiger partial charge in [0.15, 0.2) is 4.34 Å². The molecule has 0 spiro atoms. The van der Waals surface area contributed by atoms with Crippen LogP contribution in [0.5, 0.6) is 0 Å². The minimum atomic E-state index is 0.630. The van der Waals surface area contributed by atoms with Gasteiger partial charge in [0.1, 0.15) is 5.01 Å². The third kappa shape index (κ3) is 2.79. The molecule has 1 aliphatic rings. The maximum Gasteiger partial charge on any atom is 0.206 e. The standard InChI is InChI=1S/C13H12N4S3/c1-2-4-10-9(3-1)15-11(19-10)7-18-13-17-16-12(20-13)14-8-5-6-8/h1-4,8H,5-7H2,(H,14,16). The average Bonchev–Trinajstić information content (AvgIpc) is 3.01. The Morgan fingerprint density at radius 1 is 1.20 bits per heavy atom. The van der Waals surface area contributed by atoms with Gasteiger partial charge in [0.2, 0.25) is 5.13 Å². The number of hydrogen-bond donors (Lipinski definition) is 1. The normalized spacial score (nSPS) is 14.8. The summed E-state index contributed by atoms with van der Waals surface area (Å²) in [5.41, 5.74) is 1.08. The number of hydrogen-bond acceptors (Lipinski definition) is 7. The van der Waals surface area contributed by atoms with E-state index in [1.807, 2.05) is 6.07 Å². The third-order valence-electron chi connectivity index (χ3n) is 2.97. The highest BCUT2D eigenvalue weighted by molar-refractivity contribution is 8.00. The first kappa shape index (κ1) is 12.6. The van der Waals surface area contributed by atoms with Crippen molar-refractivity contribution in [1.29, 1.82) is 0 Å². The first-order valence-corrected chi connectivity index (χ1v) is 9.06. The van der Waals surface area contributed by atoms with E-state index in [2.05, 4.69) is 38.7 Å². The molecule has 0 bridgehead atoms. The third-order valence-corrected chi connectivity index (χ3v) is 6.19. The molecule has 0 amide bonds. The van der Waals surface area contributed by atoms with Crippen LogP contribution in [0.1, 0.15) is 17.8 Å². The highest BCUT2D eigenvalue weighted by Crippen LogP contribution is 2.33. The number of rotatable bonds is 5. The van der Waals surface area contributed by atoms with E-state index in [9.17, 15) is 0 Å². The van der Waals surface area contributed by atoms with Crippen molar-refractivity contribution < 1.29 is 0 Å². The van der Waals surface area contributed by atoms with E-state index >= 15 is 0 Å².